The number of nitrogens with one attached hydrogen (secondary N) is 1. The van der Waals surface area contributed by atoms with Gasteiger partial charge in [-0.15, -0.1) is 0 Å². The van der Waals surface area contributed by atoms with E-state index in [-0.39, 0.29) is 6.04 Å². The van der Waals surface area contributed by atoms with Crippen molar-refractivity contribution in [2.45, 2.75) is 32.7 Å². The van der Waals surface area contributed by atoms with Gasteiger partial charge in [0, 0.05) is 0 Å². The Bertz CT molecular complexity index is 588. The molecule has 0 amide bonds. The lowest BCUT2D eigenvalue weighted by molar-refractivity contribution is 0.628. The van der Waals surface area contributed by atoms with Crippen LogP contribution in [0.4, 0.5) is 10.1 Å². The van der Waals surface area contributed by atoms with Crippen molar-refractivity contribution in [1.29, 1.82) is 0 Å². The monoisotopic (exact) mass is 325 g/mol. The highest BCUT2D eigenvalue weighted by Crippen LogP contribution is 2.35. The highest BCUT2D eigenvalue weighted by Gasteiger charge is 2.14. The van der Waals surface area contributed by atoms with Crippen LogP contribution in [0.25, 0.3) is 0 Å². The van der Waals surface area contributed by atoms with Crippen molar-refractivity contribution in [3.63, 3.8) is 0 Å². The molecule has 0 spiro atoms. The fraction of sp³-hybridized carbons (Fsp3) is 0.294. The summed E-state index contributed by atoms with van der Waals surface area (Å²) in [5, 5.41) is 3.91. The lowest BCUT2D eigenvalue weighted by atomic mass is 10.0. The summed E-state index contributed by atoms with van der Waals surface area (Å²) in [4.78, 5) is 0. The van der Waals surface area contributed by atoms with Crippen molar-refractivity contribution in [3.8, 4) is 0 Å². The summed E-state index contributed by atoms with van der Waals surface area (Å²) in [7, 11) is 0. The number of anilines is 1. The number of aryl methyl sites for hydroxylation is 1. The second-order valence-electron chi connectivity index (χ2n) is 4.94. The van der Waals surface area contributed by atoms with Crippen LogP contribution < -0.4 is 5.32 Å². The molecule has 112 valence electrons. The molecule has 0 saturated carbocycles. The van der Waals surface area contributed by atoms with Crippen LogP contribution in [-0.4, -0.2) is 0 Å². The second-order valence-corrected chi connectivity index (χ2v) is 5.76. The predicted octanol–water partition coefficient (Wildman–Crippen LogP) is 6.26. The summed E-state index contributed by atoms with van der Waals surface area (Å²) < 4.78 is 13.2. The Labute approximate surface area is 135 Å². The van der Waals surface area contributed by atoms with Gasteiger partial charge in [0.1, 0.15) is 5.82 Å². The molecule has 0 fully saturated rings. The summed E-state index contributed by atoms with van der Waals surface area (Å²) in [5.74, 6) is -0.434. The summed E-state index contributed by atoms with van der Waals surface area (Å²) in [6.07, 6.45) is 1.88. The first-order valence-corrected chi connectivity index (χ1v) is 7.80. The Balaban J connectivity index is 2.26. The Morgan fingerprint density at radius 1 is 1.05 bits per heavy atom. The minimum Gasteiger partial charge on any atom is -0.376 e. The largest absolute Gasteiger partial charge is 0.376 e. The topological polar surface area (TPSA) is 12.0 Å². The molecule has 4 heteroatoms. The lowest BCUT2D eigenvalue weighted by Gasteiger charge is -2.21. The summed E-state index contributed by atoms with van der Waals surface area (Å²) in [6.45, 7) is 4.21. The highest BCUT2D eigenvalue weighted by atomic mass is 35.5. The van der Waals surface area contributed by atoms with Gasteiger partial charge in [-0.1, -0.05) is 61.3 Å². The number of rotatable bonds is 5. The van der Waals surface area contributed by atoms with Crippen molar-refractivity contribution < 1.29 is 4.39 Å². The normalized spacial score (nSPS) is 12.2. The van der Waals surface area contributed by atoms with E-state index in [9.17, 15) is 4.39 Å². The molecule has 0 radical (unpaired) electrons. The van der Waals surface area contributed by atoms with Gasteiger partial charge in [-0.05, 0) is 36.1 Å². The van der Waals surface area contributed by atoms with Gasteiger partial charge in [0.25, 0.3) is 0 Å². The van der Waals surface area contributed by atoms with Gasteiger partial charge in [0.15, 0.2) is 0 Å². The number of hydrogen-bond donors (Lipinski definition) is 1. The third-order valence-corrected chi connectivity index (χ3v) is 4.12. The molecule has 2 rings (SSSR count). The molecule has 2 aromatic carbocycles. The molecular weight excluding hydrogens is 308 g/mol. The molecular formula is C17H18Cl2FN. The van der Waals surface area contributed by atoms with E-state index in [0.29, 0.717) is 15.7 Å². The minimum absolute atomic E-state index is 0.0800. The van der Waals surface area contributed by atoms with Gasteiger partial charge in [-0.25, -0.2) is 4.39 Å². The van der Waals surface area contributed by atoms with Crippen molar-refractivity contribution in [2.75, 3.05) is 5.32 Å². The third kappa shape index (κ3) is 3.90. The first-order valence-electron chi connectivity index (χ1n) is 7.05. The van der Waals surface area contributed by atoms with Gasteiger partial charge >= 0.3 is 0 Å². The van der Waals surface area contributed by atoms with Crippen LogP contribution in [0.15, 0.2) is 36.4 Å². The second kappa shape index (κ2) is 7.15. The maximum absolute atomic E-state index is 13.2. The Morgan fingerprint density at radius 2 is 1.62 bits per heavy atom. The van der Waals surface area contributed by atoms with E-state index in [1.54, 1.807) is 0 Å². The predicted molar refractivity (Wildman–Crippen MR) is 88.9 cm³/mol. The summed E-state index contributed by atoms with van der Waals surface area (Å²) in [5.41, 5.74) is 3.03. The molecule has 1 unspecified atom stereocenters. The van der Waals surface area contributed by atoms with Gasteiger partial charge < -0.3 is 5.32 Å². The Morgan fingerprint density at radius 3 is 2.10 bits per heavy atom. The quantitative estimate of drug-likeness (QED) is 0.684. The smallest absolute Gasteiger partial charge is 0.126 e. The number of halogens is 3. The van der Waals surface area contributed by atoms with E-state index in [2.05, 4.69) is 43.4 Å². The summed E-state index contributed by atoms with van der Waals surface area (Å²) >= 11 is 12.2. The summed E-state index contributed by atoms with van der Waals surface area (Å²) in [6, 6.07) is 11.1. The van der Waals surface area contributed by atoms with E-state index < -0.39 is 5.82 Å². The minimum atomic E-state index is -0.434. The van der Waals surface area contributed by atoms with E-state index in [4.69, 9.17) is 23.2 Å². The molecule has 1 atom stereocenters. The SMILES string of the molecule is CCc1ccc(C(CC)Nc2c(Cl)cc(F)cc2Cl)cc1. The van der Waals surface area contributed by atoms with Crippen LogP contribution in [-0.2, 0) is 6.42 Å². The van der Waals surface area contributed by atoms with E-state index in [0.717, 1.165) is 18.4 Å². The lowest BCUT2D eigenvalue weighted by Crippen LogP contribution is -2.10. The van der Waals surface area contributed by atoms with Crippen LogP contribution in [0.3, 0.4) is 0 Å². The first-order chi connectivity index (χ1) is 10.0. The van der Waals surface area contributed by atoms with Crippen LogP contribution in [0.2, 0.25) is 10.0 Å². The Hall–Kier alpha value is -1.25. The zero-order valence-electron chi connectivity index (χ0n) is 12.1. The molecule has 0 aromatic heterocycles. The number of benzene rings is 2. The van der Waals surface area contributed by atoms with E-state index in [1.807, 2.05) is 0 Å². The van der Waals surface area contributed by atoms with Crippen LogP contribution in [0.1, 0.15) is 37.4 Å². The third-order valence-electron chi connectivity index (χ3n) is 3.52. The highest BCUT2D eigenvalue weighted by molar-refractivity contribution is 6.39. The molecule has 0 aliphatic heterocycles. The molecule has 2 aromatic rings. The van der Waals surface area contributed by atoms with E-state index in [1.165, 1.54) is 17.7 Å². The number of hydrogen-bond acceptors (Lipinski definition) is 1. The Kier molecular flexibility index (Phi) is 5.49. The van der Waals surface area contributed by atoms with Crippen molar-refractivity contribution in [3.05, 3.63) is 63.4 Å². The van der Waals surface area contributed by atoms with Gasteiger partial charge in [-0.2, -0.15) is 0 Å². The fourth-order valence-corrected chi connectivity index (χ4v) is 2.83. The maximum Gasteiger partial charge on any atom is 0.126 e. The zero-order valence-corrected chi connectivity index (χ0v) is 13.6. The van der Waals surface area contributed by atoms with Crippen LogP contribution in [0.5, 0.6) is 0 Å². The molecule has 0 heterocycles. The fourth-order valence-electron chi connectivity index (χ4n) is 2.26. The average Bonchev–Trinajstić information content (AvgIpc) is 2.47. The van der Waals surface area contributed by atoms with Gasteiger partial charge in [0.05, 0.1) is 21.8 Å². The van der Waals surface area contributed by atoms with Gasteiger partial charge in [-0.3, -0.25) is 0 Å². The van der Waals surface area contributed by atoms with Crippen molar-refractivity contribution in [2.24, 2.45) is 0 Å². The standard InChI is InChI=1S/C17H18Cl2FN/c1-3-11-5-7-12(8-6-11)16(4-2)21-17-14(18)9-13(20)10-15(17)19/h5-10,16,21H,3-4H2,1-2H3. The molecule has 0 aliphatic carbocycles. The molecule has 1 N–H and O–H groups in total. The zero-order chi connectivity index (χ0) is 15.4. The van der Waals surface area contributed by atoms with Crippen molar-refractivity contribution >= 4 is 28.9 Å². The molecule has 1 nitrogen and oxygen atoms in total. The average molecular weight is 326 g/mol. The van der Waals surface area contributed by atoms with Crippen molar-refractivity contribution in [1.82, 2.24) is 0 Å². The molecule has 0 saturated heterocycles. The van der Waals surface area contributed by atoms with Gasteiger partial charge in [0.2, 0.25) is 0 Å². The van der Waals surface area contributed by atoms with Crippen LogP contribution >= 0.6 is 23.2 Å². The molecule has 21 heavy (non-hydrogen) atoms. The molecule has 0 aliphatic rings. The van der Waals surface area contributed by atoms with E-state index >= 15 is 0 Å². The van der Waals surface area contributed by atoms with Crippen LogP contribution in [0, 0.1) is 5.82 Å². The maximum atomic E-state index is 13.2. The molecule has 0 bridgehead atoms. The first kappa shape index (κ1) is 16.1.